The van der Waals surface area contributed by atoms with E-state index in [9.17, 15) is 4.79 Å². The largest absolute Gasteiger partial charge is 0.495 e. The number of hydrogen-bond donors (Lipinski definition) is 1. The molecule has 0 unspecified atom stereocenters. The third-order valence-electron chi connectivity index (χ3n) is 5.20. The summed E-state index contributed by atoms with van der Waals surface area (Å²) in [6, 6.07) is 25.7. The molecule has 29 heavy (non-hydrogen) atoms. The Bertz CT molecular complexity index is 1360. The van der Waals surface area contributed by atoms with Crippen molar-refractivity contribution in [3.63, 3.8) is 0 Å². The first-order valence-corrected chi connectivity index (χ1v) is 9.49. The molecule has 142 valence electrons. The van der Waals surface area contributed by atoms with Gasteiger partial charge in [-0.05, 0) is 28.5 Å². The summed E-state index contributed by atoms with van der Waals surface area (Å²) in [5, 5.41) is 7.18. The van der Waals surface area contributed by atoms with Gasteiger partial charge in [0.2, 0.25) is 5.91 Å². The number of nitrogens with one attached hydrogen (secondary N) is 1. The maximum atomic E-state index is 12.8. The van der Waals surface area contributed by atoms with Crippen LogP contribution in [-0.4, -0.2) is 13.0 Å². The molecule has 0 radical (unpaired) electrons. The Morgan fingerprint density at radius 3 is 2.48 bits per heavy atom. The molecule has 0 atom stereocenters. The van der Waals surface area contributed by atoms with Crippen LogP contribution >= 0.6 is 0 Å². The van der Waals surface area contributed by atoms with Gasteiger partial charge >= 0.3 is 0 Å². The van der Waals surface area contributed by atoms with Crippen LogP contribution in [0.5, 0.6) is 5.75 Å². The third kappa shape index (κ3) is 3.09. The van der Waals surface area contributed by atoms with Gasteiger partial charge in [-0.2, -0.15) is 0 Å². The third-order valence-corrected chi connectivity index (χ3v) is 5.20. The summed E-state index contributed by atoms with van der Waals surface area (Å²) in [7, 11) is 1.60. The lowest BCUT2D eigenvalue weighted by atomic mass is 10.0. The quantitative estimate of drug-likeness (QED) is 0.420. The standard InChI is InChI=1S/C25H19NO3/c1-28-24-14-20-19-11-4-5-12-22(19)29-23(20)15-21(24)26-25(27)13-17-9-6-8-16-7-2-3-10-18(16)17/h2-12,14-15H,13H2,1H3,(H,26,27). The Morgan fingerprint density at radius 1 is 0.862 bits per heavy atom. The molecule has 1 aromatic heterocycles. The normalized spacial score (nSPS) is 11.2. The molecule has 4 nitrogen and oxygen atoms in total. The molecule has 1 amide bonds. The van der Waals surface area contributed by atoms with Gasteiger partial charge in [-0.15, -0.1) is 0 Å². The molecule has 0 saturated carbocycles. The lowest BCUT2D eigenvalue weighted by Gasteiger charge is -2.11. The van der Waals surface area contributed by atoms with Crippen LogP contribution < -0.4 is 10.1 Å². The predicted molar refractivity (Wildman–Crippen MR) is 117 cm³/mol. The van der Waals surface area contributed by atoms with Crippen molar-refractivity contribution in [2.45, 2.75) is 6.42 Å². The molecule has 5 rings (SSSR count). The smallest absolute Gasteiger partial charge is 0.228 e. The second-order valence-electron chi connectivity index (χ2n) is 7.01. The van der Waals surface area contributed by atoms with Crippen molar-refractivity contribution >= 4 is 44.3 Å². The predicted octanol–water partition coefficient (Wildman–Crippen LogP) is 5.93. The molecular formula is C25H19NO3. The van der Waals surface area contributed by atoms with Crippen LogP contribution in [0, 0.1) is 0 Å². The highest BCUT2D eigenvalue weighted by Gasteiger charge is 2.15. The molecular weight excluding hydrogens is 362 g/mol. The summed E-state index contributed by atoms with van der Waals surface area (Å²) in [5.41, 5.74) is 3.12. The second-order valence-corrected chi connectivity index (χ2v) is 7.01. The molecule has 1 heterocycles. The highest BCUT2D eigenvalue weighted by atomic mass is 16.5. The summed E-state index contributed by atoms with van der Waals surface area (Å²) in [6.07, 6.45) is 0.280. The van der Waals surface area contributed by atoms with Crippen LogP contribution in [0.1, 0.15) is 5.56 Å². The molecule has 5 aromatic rings. The number of benzene rings is 4. The molecule has 0 saturated heterocycles. The minimum Gasteiger partial charge on any atom is -0.495 e. The Hall–Kier alpha value is -3.79. The average Bonchev–Trinajstić information content (AvgIpc) is 3.10. The number of methoxy groups -OCH3 is 1. The lowest BCUT2D eigenvalue weighted by molar-refractivity contribution is -0.115. The molecule has 0 spiro atoms. The van der Waals surface area contributed by atoms with Crippen molar-refractivity contribution in [2.24, 2.45) is 0 Å². The fourth-order valence-corrected chi connectivity index (χ4v) is 3.83. The topological polar surface area (TPSA) is 51.5 Å². The maximum absolute atomic E-state index is 12.8. The zero-order valence-electron chi connectivity index (χ0n) is 15.9. The molecule has 0 bridgehead atoms. The zero-order chi connectivity index (χ0) is 19.8. The summed E-state index contributed by atoms with van der Waals surface area (Å²) in [6.45, 7) is 0. The Balaban J connectivity index is 1.49. The van der Waals surface area contributed by atoms with Gasteiger partial charge in [0.25, 0.3) is 0 Å². The van der Waals surface area contributed by atoms with E-state index in [1.165, 1.54) is 0 Å². The van der Waals surface area contributed by atoms with E-state index in [0.717, 1.165) is 32.7 Å². The zero-order valence-corrected chi connectivity index (χ0v) is 15.9. The van der Waals surface area contributed by atoms with Gasteiger partial charge in [-0.1, -0.05) is 60.7 Å². The van der Waals surface area contributed by atoms with Crippen molar-refractivity contribution in [3.8, 4) is 5.75 Å². The Labute approximate surface area is 167 Å². The SMILES string of the molecule is COc1cc2c(cc1NC(=O)Cc1cccc3ccccc13)oc1ccccc12. The van der Waals surface area contributed by atoms with Gasteiger partial charge in [0.05, 0.1) is 19.2 Å². The first-order chi connectivity index (χ1) is 14.2. The number of fused-ring (bicyclic) bond motifs is 4. The van der Waals surface area contributed by atoms with E-state index < -0.39 is 0 Å². The van der Waals surface area contributed by atoms with Crippen LogP contribution in [0.25, 0.3) is 32.7 Å². The van der Waals surface area contributed by atoms with Crippen molar-refractivity contribution < 1.29 is 13.9 Å². The van der Waals surface area contributed by atoms with E-state index in [4.69, 9.17) is 9.15 Å². The fourth-order valence-electron chi connectivity index (χ4n) is 3.83. The molecule has 1 N–H and O–H groups in total. The molecule has 0 aliphatic rings. The first kappa shape index (κ1) is 17.3. The fraction of sp³-hybridized carbons (Fsp3) is 0.0800. The van der Waals surface area contributed by atoms with E-state index in [1.54, 1.807) is 7.11 Å². The van der Waals surface area contributed by atoms with Gasteiger partial charge in [-0.3, -0.25) is 4.79 Å². The number of furan rings is 1. The van der Waals surface area contributed by atoms with Crippen molar-refractivity contribution in [1.82, 2.24) is 0 Å². The molecule has 0 fully saturated rings. The molecule has 4 aromatic carbocycles. The first-order valence-electron chi connectivity index (χ1n) is 9.49. The van der Waals surface area contributed by atoms with Crippen LogP contribution in [0.4, 0.5) is 5.69 Å². The van der Waals surface area contributed by atoms with Crippen LogP contribution in [0.15, 0.2) is 83.3 Å². The number of ether oxygens (including phenoxy) is 1. The van der Waals surface area contributed by atoms with Gasteiger partial charge in [0.1, 0.15) is 16.9 Å². The molecule has 0 aliphatic carbocycles. The van der Waals surface area contributed by atoms with Crippen molar-refractivity contribution in [3.05, 3.63) is 84.4 Å². The maximum Gasteiger partial charge on any atom is 0.228 e. The van der Waals surface area contributed by atoms with Crippen molar-refractivity contribution in [2.75, 3.05) is 12.4 Å². The number of carbonyl (C=O) groups is 1. The van der Waals surface area contributed by atoms with E-state index in [1.807, 2.05) is 66.7 Å². The highest BCUT2D eigenvalue weighted by Crippen LogP contribution is 2.36. The number of hydrogen-bond acceptors (Lipinski definition) is 3. The van der Waals surface area contributed by atoms with E-state index in [0.29, 0.717) is 17.0 Å². The summed E-state index contributed by atoms with van der Waals surface area (Å²) in [4.78, 5) is 12.8. The van der Waals surface area contributed by atoms with Gasteiger partial charge in [-0.25, -0.2) is 0 Å². The number of amides is 1. The van der Waals surface area contributed by atoms with Gasteiger partial charge in [0.15, 0.2) is 0 Å². The van der Waals surface area contributed by atoms with Gasteiger partial charge < -0.3 is 14.5 Å². The summed E-state index contributed by atoms with van der Waals surface area (Å²) >= 11 is 0. The molecule has 4 heteroatoms. The number of para-hydroxylation sites is 1. The average molecular weight is 381 g/mol. The van der Waals surface area contributed by atoms with E-state index in [2.05, 4.69) is 17.4 Å². The minimum atomic E-state index is -0.102. The van der Waals surface area contributed by atoms with Crippen LogP contribution in [0.3, 0.4) is 0 Å². The Kier molecular flexibility index (Phi) is 4.17. The number of rotatable bonds is 4. The van der Waals surface area contributed by atoms with Crippen molar-refractivity contribution in [1.29, 1.82) is 0 Å². The Morgan fingerprint density at radius 2 is 1.62 bits per heavy atom. The monoisotopic (exact) mass is 381 g/mol. The summed E-state index contributed by atoms with van der Waals surface area (Å²) < 4.78 is 11.5. The minimum absolute atomic E-state index is 0.102. The van der Waals surface area contributed by atoms with E-state index >= 15 is 0 Å². The number of anilines is 1. The van der Waals surface area contributed by atoms with Gasteiger partial charge in [0, 0.05) is 16.8 Å². The van der Waals surface area contributed by atoms with Crippen LogP contribution in [0.2, 0.25) is 0 Å². The van der Waals surface area contributed by atoms with Crippen LogP contribution in [-0.2, 0) is 11.2 Å². The lowest BCUT2D eigenvalue weighted by Crippen LogP contribution is -2.15. The van der Waals surface area contributed by atoms with E-state index in [-0.39, 0.29) is 12.3 Å². The highest BCUT2D eigenvalue weighted by molar-refractivity contribution is 6.08. The number of carbonyl (C=O) groups excluding carboxylic acids is 1. The summed E-state index contributed by atoms with van der Waals surface area (Å²) in [5.74, 6) is 0.505. The second kappa shape index (κ2) is 6.99. The molecule has 0 aliphatic heterocycles.